The molecule has 0 aliphatic heterocycles. The third-order valence-corrected chi connectivity index (χ3v) is 8.73. The Hall–Kier alpha value is -4.11. The molecular formula is C49H74NO8P. The second-order valence-electron chi connectivity index (χ2n) is 13.1. The van der Waals surface area contributed by atoms with Crippen LogP contribution in [0.1, 0.15) is 117 Å². The maximum atomic E-state index is 12.5. The van der Waals surface area contributed by atoms with Crippen LogP contribution < -0.4 is 5.73 Å². The van der Waals surface area contributed by atoms with Gasteiger partial charge in [0.15, 0.2) is 6.10 Å². The molecule has 0 amide bonds. The molecule has 0 aromatic rings. The number of phosphoric acid groups is 1. The molecule has 59 heavy (non-hydrogen) atoms. The second kappa shape index (κ2) is 43.5. The number of allylic oxidation sites excluding steroid dienone is 24. The molecule has 0 aliphatic rings. The molecule has 0 rings (SSSR count). The molecule has 3 N–H and O–H groups in total. The minimum Gasteiger partial charge on any atom is -0.462 e. The van der Waals surface area contributed by atoms with Gasteiger partial charge in [0.05, 0.1) is 13.2 Å². The monoisotopic (exact) mass is 836 g/mol. The van der Waals surface area contributed by atoms with Crippen LogP contribution in [0.15, 0.2) is 146 Å². The molecule has 0 aliphatic carbocycles. The van der Waals surface area contributed by atoms with Gasteiger partial charge in [-0.2, -0.15) is 0 Å². The molecule has 10 heteroatoms. The van der Waals surface area contributed by atoms with Crippen LogP contribution in [0.2, 0.25) is 0 Å². The number of hydrogen-bond acceptors (Lipinski definition) is 8. The molecule has 0 fully saturated rings. The Morgan fingerprint density at radius 2 is 0.814 bits per heavy atom. The fourth-order valence-electron chi connectivity index (χ4n) is 4.68. The van der Waals surface area contributed by atoms with Crippen LogP contribution in [-0.2, 0) is 32.7 Å². The van der Waals surface area contributed by atoms with E-state index in [-0.39, 0.29) is 32.6 Å². The molecule has 0 saturated carbocycles. The number of ether oxygens (including phenoxy) is 2. The number of nitrogens with two attached hydrogens (primary N) is 1. The third-order valence-electron chi connectivity index (χ3n) is 7.75. The van der Waals surface area contributed by atoms with Crippen molar-refractivity contribution in [1.29, 1.82) is 0 Å². The molecule has 0 saturated heterocycles. The quantitative estimate of drug-likeness (QED) is 0.0356. The van der Waals surface area contributed by atoms with E-state index in [4.69, 9.17) is 24.3 Å². The van der Waals surface area contributed by atoms with Gasteiger partial charge in [-0.3, -0.25) is 18.6 Å². The van der Waals surface area contributed by atoms with E-state index in [0.717, 1.165) is 77.0 Å². The molecule has 0 aromatic carbocycles. The topological polar surface area (TPSA) is 134 Å². The van der Waals surface area contributed by atoms with Crippen molar-refractivity contribution in [3.8, 4) is 0 Å². The van der Waals surface area contributed by atoms with E-state index >= 15 is 0 Å². The van der Waals surface area contributed by atoms with Crippen LogP contribution in [0.25, 0.3) is 0 Å². The van der Waals surface area contributed by atoms with Crippen molar-refractivity contribution in [2.75, 3.05) is 26.4 Å². The zero-order valence-corrected chi connectivity index (χ0v) is 36.8. The van der Waals surface area contributed by atoms with Gasteiger partial charge < -0.3 is 20.1 Å². The Morgan fingerprint density at radius 1 is 0.492 bits per heavy atom. The van der Waals surface area contributed by atoms with E-state index in [1.807, 2.05) is 24.3 Å². The van der Waals surface area contributed by atoms with Gasteiger partial charge in [-0.15, -0.1) is 0 Å². The van der Waals surface area contributed by atoms with Crippen molar-refractivity contribution in [2.45, 2.75) is 123 Å². The summed E-state index contributed by atoms with van der Waals surface area (Å²) < 4.78 is 32.6. The number of carbonyl (C=O) groups is 2. The van der Waals surface area contributed by atoms with Crippen molar-refractivity contribution in [1.82, 2.24) is 0 Å². The zero-order chi connectivity index (χ0) is 43.2. The summed E-state index contributed by atoms with van der Waals surface area (Å²) in [6, 6.07) is 0. The van der Waals surface area contributed by atoms with Crippen molar-refractivity contribution in [2.24, 2.45) is 5.73 Å². The highest BCUT2D eigenvalue weighted by atomic mass is 31.2. The summed E-state index contributed by atoms with van der Waals surface area (Å²) in [7, 11) is -4.43. The van der Waals surface area contributed by atoms with Crippen molar-refractivity contribution < 1.29 is 37.6 Å². The lowest BCUT2D eigenvalue weighted by Crippen LogP contribution is -2.29. The predicted octanol–water partition coefficient (Wildman–Crippen LogP) is 12.5. The summed E-state index contributed by atoms with van der Waals surface area (Å²) in [4.78, 5) is 34.8. The summed E-state index contributed by atoms with van der Waals surface area (Å²) >= 11 is 0. The Kier molecular flexibility index (Phi) is 40.4. The standard InChI is InChI=1S/C49H74NO8P/c1-3-5-7-9-11-13-15-17-19-21-23-25-27-29-31-33-35-37-39-41-48(51)55-45-47(46-57-59(53,54)56-44-43-50)58-49(52)42-40-38-36-34-32-30-28-26-24-22-20-18-16-14-12-10-8-6-4-2/h5-8,11-14,17-20,23-26,29-32,35-38,47H,3-4,9-10,15-16,21-22,27-28,33-34,39-46,50H2,1-2H3,(H,53,54)/b7-5-,8-6-,13-11-,14-12-,19-17-,20-18-,25-23-,26-24-,31-29-,32-30-,37-35-,38-36-. The Labute approximate surface area is 356 Å². The second-order valence-corrected chi connectivity index (χ2v) is 14.5. The maximum Gasteiger partial charge on any atom is 0.472 e. The van der Waals surface area contributed by atoms with Gasteiger partial charge in [0, 0.05) is 19.4 Å². The van der Waals surface area contributed by atoms with E-state index in [0.29, 0.717) is 12.8 Å². The molecule has 2 atom stereocenters. The van der Waals surface area contributed by atoms with E-state index in [9.17, 15) is 19.0 Å². The van der Waals surface area contributed by atoms with Crippen LogP contribution in [0.3, 0.4) is 0 Å². The molecular weight excluding hydrogens is 762 g/mol. The van der Waals surface area contributed by atoms with Gasteiger partial charge in [0.2, 0.25) is 0 Å². The maximum absolute atomic E-state index is 12.5. The summed E-state index contributed by atoms with van der Waals surface area (Å²) in [5, 5.41) is 0. The molecule has 328 valence electrons. The van der Waals surface area contributed by atoms with Gasteiger partial charge in [-0.25, -0.2) is 4.57 Å². The first kappa shape index (κ1) is 54.9. The predicted molar refractivity (Wildman–Crippen MR) is 247 cm³/mol. The Balaban J connectivity index is 4.45. The number of carbonyl (C=O) groups excluding carboxylic acids is 2. The van der Waals surface area contributed by atoms with E-state index in [2.05, 4.69) is 135 Å². The summed E-state index contributed by atoms with van der Waals surface area (Å²) in [5.41, 5.74) is 5.34. The molecule has 9 nitrogen and oxygen atoms in total. The summed E-state index contributed by atoms with van der Waals surface area (Å²) in [6.07, 6.45) is 61.9. The van der Waals surface area contributed by atoms with Crippen molar-refractivity contribution in [3.63, 3.8) is 0 Å². The average Bonchev–Trinajstić information content (AvgIpc) is 3.22. The van der Waals surface area contributed by atoms with E-state index in [1.165, 1.54) is 0 Å². The Morgan fingerprint density at radius 3 is 1.15 bits per heavy atom. The van der Waals surface area contributed by atoms with Crippen LogP contribution in [0.4, 0.5) is 0 Å². The van der Waals surface area contributed by atoms with E-state index in [1.54, 1.807) is 0 Å². The normalized spacial score (nSPS) is 14.7. The first-order valence-corrected chi connectivity index (χ1v) is 22.8. The smallest absolute Gasteiger partial charge is 0.462 e. The van der Waals surface area contributed by atoms with E-state index < -0.39 is 32.5 Å². The van der Waals surface area contributed by atoms with Gasteiger partial charge in [-0.1, -0.05) is 160 Å². The molecule has 0 bridgehead atoms. The van der Waals surface area contributed by atoms with Crippen LogP contribution in [0, 0.1) is 0 Å². The first-order valence-electron chi connectivity index (χ1n) is 21.3. The molecule has 0 radical (unpaired) electrons. The third kappa shape index (κ3) is 43.3. The van der Waals surface area contributed by atoms with Gasteiger partial charge in [0.25, 0.3) is 0 Å². The fourth-order valence-corrected chi connectivity index (χ4v) is 5.45. The van der Waals surface area contributed by atoms with Crippen LogP contribution >= 0.6 is 7.82 Å². The number of rotatable bonds is 37. The first-order chi connectivity index (χ1) is 28.8. The minimum absolute atomic E-state index is 0.0231. The van der Waals surface area contributed by atoms with Crippen molar-refractivity contribution >= 4 is 19.8 Å². The molecule has 0 spiro atoms. The van der Waals surface area contributed by atoms with Gasteiger partial charge in [-0.05, 0) is 89.9 Å². The molecule has 0 aromatic heterocycles. The fraction of sp³-hybridized carbons (Fsp3) is 0.469. The highest BCUT2D eigenvalue weighted by Gasteiger charge is 2.25. The van der Waals surface area contributed by atoms with Gasteiger partial charge >= 0.3 is 19.8 Å². The largest absolute Gasteiger partial charge is 0.472 e. The average molecular weight is 836 g/mol. The van der Waals surface area contributed by atoms with Crippen molar-refractivity contribution in [3.05, 3.63) is 146 Å². The summed E-state index contributed by atoms with van der Waals surface area (Å²) in [5.74, 6) is -1.04. The SMILES string of the molecule is CC/C=C\C/C=C\C/C=C\C/C=C\C/C=C\C/C=C\CCC(=O)OCC(COP(=O)(O)OCCN)OC(=O)CC/C=C\C/C=C\C/C=C\C/C=C\C/C=C\C/C=C\CC. The molecule has 2 unspecified atom stereocenters. The van der Waals surface area contributed by atoms with Crippen LogP contribution in [0.5, 0.6) is 0 Å². The molecule has 0 heterocycles. The Bertz CT molecular complexity index is 1460. The highest BCUT2D eigenvalue weighted by Crippen LogP contribution is 2.43. The number of hydrogen-bond donors (Lipinski definition) is 2. The minimum atomic E-state index is -4.43. The van der Waals surface area contributed by atoms with Gasteiger partial charge in [0.1, 0.15) is 6.61 Å². The lowest BCUT2D eigenvalue weighted by Gasteiger charge is -2.19. The number of phosphoric ester groups is 1. The van der Waals surface area contributed by atoms with Crippen LogP contribution in [-0.4, -0.2) is 49.3 Å². The summed E-state index contributed by atoms with van der Waals surface area (Å²) in [6.45, 7) is 3.28. The zero-order valence-electron chi connectivity index (χ0n) is 35.9. The highest BCUT2D eigenvalue weighted by molar-refractivity contribution is 7.47. The lowest BCUT2D eigenvalue weighted by molar-refractivity contribution is -0.161. The number of esters is 2. The lowest BCUT2D eigenvalue weighted by atomic mass is 10.2.